The third kappa shape index (κ3) is 6.09. The van der Waals surface area contributed by atoms with E-state index in [9.17, 15) is 9.59 Å². The molecule has 0 saturated heterocycles. The second-order valence-corrected chi connectivity index (χ2v) is 12.0. The van der Waals surface area contributed by atoms with Crippen LogP contribution in [0.4, 0.5) is 0 Å². The molecule has 3 aromatic carbocycles. The van der Waals surface area contributed by atoms with E-state index in [2.05, 4.69) is 20.9 Å². The fourth-order valence-corrected chi connectivity index (χ4v) is 6.35. The summed E-state index contributed by atoms with van der Waals surface area (Å²) in [7, 11) is 1.57. The number of allylic oxidation sites excluding steroid dienone is 1. The van der Waals surface area contributed by atoms with Gasteiger partial charge in [0.1, 0.15) is 6.61 Å². The molecular formula is C32H28BrClN2O5S. The monoisotopic (exact) mass is 666 g/mol. The first kappa shape index (κ1) is 29.8. The van der Waals surface area contributed by atoms with Crippen molar-refractivity contribution in [3.05, 3.63) is 123 Å². The minimum Gasteiger partial charge on any atom is -0.493 e. The third-order valence-electron chi connectivity index (χ3n) is 6.76. The van der Waals surface area contributed by atoms with Crippen LogP contribution < -0.4 is 24.4 Å². The molecule has 0 radical (unpaired) electrons. The highest BCUT2D eigenvalue weighted by Crippen LogP contribution is 2.36. The number of nitrogens with zero attached hydrogens (tertiary/aromatic N) is 2. The van der Waals surface area contributed by atoms with Gasteiger partial charge in [-0.15, -0.1) is 0 Å². The Labute approximate surface area is 260 Å². The normalized spacial score (nSPS) is 14.8. The van der Waals surface area contributed by atoms with Gasteiger partial charge < -0.3 is 14.2 Å². The first-order chi connectivity index (χ1) is 20.2. The molecule has 0 spiro atoms. The zero-order valence-electron chi connectivity index (χ0n) is 23.4. The van der Waals surface area contributed by atoms with E-state index in [-0.39, 0.29) is 18.8 Å². The number of ether oxygens (including phenoxy) is 3. The Balaban J connectivity index is 1.66. The first-order valence-corrected chi connectivity index (χ1v) is 15.2. The van der Waals surface area contributed by atoms with Crippen molar-refractivity contribution in [2.45, 2.75) is 33.4 Å². The number of fused-ring (bicyclic) bond motifs is 1. The molecule has 4 aromatic rings. The number of benzene rings is 3. The predicted molar refractivity (Wildman–Crippen MR) is 168 cm³/mol. The van der Waals surface area contributed by atoms with E-state index >= 15 is 0 Å². The van der Waals surface area contributed by atoms with E-state index in [1.165, 1.54) is 11.3 Å². The van der Waals surface area contributed by atoms with Crippen LogP contribution in [0.2, 0.25) is 5.02 Å². The highest BCUT2D eigenvalue weighted by atomic mass is 79.9. The molecule has 1 aliphatic heterocycles. The van der Waals surface area contributed by atoms with E-state index in [1.54, 1.807) is 43.7 Å². The average Bonchev–Trinajstić information content (AvgIpc) is 3.26. The zero-order valence-corrected chi connectivity index (χ0v) is 26.6. The van der Waals surface area contributed by atoms with Gasteiger partial charge in [0.25, 0.3) is 5.56 Å². The van der Waals surface area contributed by atoms with Crippen molar-refractivity contribution in [1.82, 2.24) is 4.57 Å². The van der Waals surface area contributed by atoms with Crippen LogP contribution in [-0.4, -0.2) is 24.3 Å². The molecule has 0 fully saturated rings. The summed E-state index contributed by atoms with van der Waals surface area (Å²) in [4.78, 5) is 32.4. The maximum Gasteiger partial charge on any atom is 0.338 e. The number of methoxy groups -OCH3 is 1. The average molecular weight is 668 g/mol. The standard InChI is InChI=1S/C32H28BrClN2O5S/c1-5-40-31(38)27-19(3)35-32-36(28(27)21-10-6-18(2)7-11-21)30(37)26(42-32)15-22-14-23(33)16-25(39-4)29(22)41-17-20-8-12-24(34)13-9-20/h6-16,28H,5,17H2,1-4H3/b26-15-/t28-/m1/s1. The lowest BCUT2D eigenvalue weighted by atomic mass is 9.95. The Kier molecular flexibility index (Phi) is 9.01. The number of thiazole rings is 1. The van der Waals surface area contributed by atoms with Crippen molar-refractivity contribution >= 4 is 50.9 Å². The Morgan fingerprint density at radius 2 is 1.83 bits per heavy atom. The predicted octanol–water partition coefficient (Wildman–Crippen LogP) is 6.11. The van der Waals surface area contributed by atoms with Gasteiger partial charge in [-0.1, -0.05) is 80.8 Å². The van der Waals surface area contributed by atoms with Gasteiger partial charge in [-0.2, -0.15) is 0 Å². The first-order valence-electron chi connectivity index (χ1n) is 13.2. The second-order valence-electron chi connectivity index (χ2n) is 9.65. The highest BCUT2D eigenvalue weighted by Gasteiger charge is 2.33. The smallest absolute Gasteiger partial charge is 0.338 e. The van der Waals surface area contributed by atoms with Gasteiger partial charge in [-0.3, -0.25) is 9.36 Å². The van der Waals surface area contributed by atoms with Crippen molar-refractivity contribution in [3.63, 3.8) is 0 Å². The molecule has 10 heteroatoms. The Morgan fingerprint density at radius 3 is 2.50 bits per heavy atom. The summed E-state index contributed by atoms with van der Waals surface area (Å²) in [6.07, 6.45) is 1.77. The van der Waals surface area contributed by atoms with E-state index in [1.807, 2.05) is 55.5 Å². The number of aryl methyl sites for hydroxylation is 1. The lowest BCUT2D eigenvalue weighted by Crippen LogP contribution is -2.39. The van der Waals surface area contributed by atoms with Gasteiger partial charge >= 0.3 is 5.97 Å². The maximum atomic E-state index is 14.1. The molecule has 7 nitrogen and oxygen atoms in total. The molecule has 1 aromatic heterocycles. The summed E-state index contributed by atoms with van der Waals surface area (Å²) in [6.45, 7) is 5.99. The van der Waals surface area contributed by atoms with Crippen LogP contribution >= 0.6 is 38.9 Å². The lowest BCUT2D eigenvalue weighted by molar-refractivity contribution is -0.139. The summed E-state index contributed by atoms with van der Waals surface area (Å²) in [5, 5.41) is 0.640. The Bertz CT molecular complexity index is 1860. The molecule has 1 aliphatic rings. The third-order valence-corrected chi connectivity index (χ3v) is 8.45. The van der Waals surface area contributed by atoms with Gasteiger partial charge in [0.05, 0.1) is 35.6 Å². The van der Waals surface area contributed by atoms with E-state index in [4.69, 9.17) is 25.8 Å². The molecule has 2 heterocycles. The van der Waals surface area contributed by atoms with Gasteiger partial charge in [0.2, 0.25) is 0 Å². The summed E-state index contributed by atoms with van der Waals surface area (Å²) >= 11 is 10.8. The molecule has 0 saturated carbocycles. The number of halogens is 2. The number of rotatable bonds is 8. The molecule has 216 valence electrons. The van der Waals surface area contributed by atoms with Gasteiger partial charge in [0.15, 0.2) is 16.3 Å². The van der Waals surface area contributed by atoms with Crippen molar-refractivity contribution in [1.29, 1.82) is 0 Å². The quantitative estimate of drug-likeness (QED) is 0.212. The van der Waals surface area contributed by atoms with E-state index in [0.29, 0.717) is 42.7 Å². The van der Waals surface area contributed by atoms with Gasteiger partial charge in [0, 0.05) is 15.1 Å². The molecule has 0 unspecified atom stereocenters. The molecule has 5 rings (SSSR count). The number of hydrogen-bond acceptors (Lipinski definition) is 7. The van der Waals surface area contributed by atoms with Crippen LogP contribution in [0, 0.1) is 6.92 Å². The molecule has 1 atom stereocenters. The van der Waals surface area contributed by atoms with Crippen LogP contribution in [0.3, 0.4) is 0 Å². The van der Waals surface area contributed by atoms with Crippen LogP contribution in [0.1, 0.15) is 42.1 Å². The second kappa shape index (κ2) is 12.7. The summed E-state index contributed by atoms with van der Waals surface area (Å²) in [6, 6.07) is 18.2. The molecule has 0 bridgehead atoms. The minimum atomic E-state index is -0.680. The number of esters is 1. The molecule has 0 amide bonds. The van der Waals surface area contributed by atoms with Crippen LogP contribution in [0.15, 0.2) is 86.2 Å². The Morgan fingerprint density at radius 1 is 1.12 bits per heavy atom. The molecule has 0 aliphatic carbocycles. The Hall–Kier alpha value is -3.66. The topological polar surface area (TPSA) is 79.1 Å². The number of aromatic nitrogens is 1. The van der Waals surface area contributed by atoms with Crippen LogP contribution in [-0.2, 0) is 16.1 Å². The fourth-order valence-electron chi connectivity index (χ4n) is 4.74. The summed E-state index contributed by atoms with van der Waals surface area (Å²) < 4.78 is 20.0. The van der Waals surface area contributed by atoms with Gasteiger partial charge in [-0.25, -0.2) is 9.79 Å². The number of carbonyl (C=O) groups is 1. The highest BCUT2D eigenvalue weighted by molar-refractivity contribution is 9.10. The van der Waals surface area contributed by atoms with E-state index < -0.39 is 12.0 Å². The van der Waals surface area contributed by atoms with Crippen LogP contribution in [0.25, 0.3) is 6.08 Å². The zero-order chi connectivity index (χ0) is 30.0. The van der Waals surface area contributed by atoms with Crippen molar-refractivity contribution < 1.29 is 19.0 Å². The van der Waals surface area contributed by atoms with Crippen molar-refractivity contribution in [2.24, 2.45) is 4.99 Å². The fraction of sp³-hybridized carbons (Fsp3) is 0.219. The van der Waals surface area contributed by atoms with Crippen LogP contribution in [0.5, 0.6) is 11.5 Å². The largest absolute Gasteiger partial charge is 0.493 e. The van der Waals surface area contributed by atoms with Crippen molar-refractivity contribution in [3.8, 4) is 11.5 Å². The molecular weight excluding hydrogens is 640 g/mol. The number of carbonyl (C=O) groups excluding carboxylic acids is 1. The minimum absolute atomic E-state index is 0.212. The molecule has 0 N–H and O–H groups in total. The van der Waals surface area contributed by atoms with Crippen molar-refractivity contribution in [2.75, 3.05) is 13.7 Å². The summed E-state index contributed by atoms with van der Waals surface area (Å²) in [5.41, 5.74) is 4.02. The van der Waals surface area contributed by atoms with E-state index in [0.717, 1.165) is 21.2 Å². The van der Waals surface area contributed by atoms with Gasteiger partial charge in [-0.05, 0) is 62.2 Å². The molecule has 42 heavy (non-hydrogen) atoms. The lowest BCUT2D eigenvalue weighted by Gasteiger charge is -2.24. The SMILES string of the molecule is CCOC(=O)C1=C(C)N=c2s/c(=C\c3cc(Br)cc(OC)c3OCc3ccc(Cl)cc3)c(=O)n2[C@@H]1c1ccc(C)cc1. The maximum absolute atomic E-state index is 14.1. The number of hydrogen-bond donors (Lipinski definition) is 0. The summed E-state index contributed by atoms with van der Waals surface area (Å²) in [5.74, 6) is 0.503.